The number of fused-ring (bicyclic) bond motifs is 1. The molecular weight excluding hydrogens is 304 g/mol. The number of piperidine rings is 1. The smallest absolute Gasteiger partial charge is 0.240 e. The normalized spacial score (nSPS) is 28.8. The minimum atomic E-state index is -0.429. The number of amides is 1. The third-order valence-electron chi connectivity index (χ3n) is 4.44. The van der Waals surface area contributed by atoms with E-state index in [9.17, 15) is 4.79 Å². The van der Waals surface area contributed by atoms with E-state index in [0.717, 1.165) is 48.6 Å². The molecule has 2 atom stereocenters. The molecule has 114 valence electrons. The highest BCUT2D eigenvalue weighted by atomic mass is 35.5. The number of halogens is 1. The lowest BCUT2D eigenvalue weighted by Gasteiger charge is -2.36. The first-order valence-electron chi connectivity index (χ1n) is 7.57. The molecule has 3 rings (SSSR count). The Morgan fingerprint density at radius 1 is 1.48 bits per heavy atom. The van der Waals surface area contributed by atoms with Gasteiger partial charge in [0.25, 0.3) is 0 Å². The molecule has 5 heteroatoms. The topological polar surface area (TPSA) is 41.1 Å². The zero-order chi connectivity index (χ0) is 14.9. The molecule has 2 N–H and O–H groups in total. The molecule has 1 aromatic rings. The Hall–Kier alpha value is -0.710. The molecule has 0 radical (unpaired) electrons. The van der Waals surface area contributed by atoms with E-state index in [1.54, 1.807) is 0 Å². The number of benzene rings is 1. The number of carbonyl (C=O) groups is 1. The van der Waals surface area contributed by atoms with Gasteiger partial charge in [0.2, 0.25) is 5.91 Å². The minimum absolute atomic E-state index is 0.0769. The fourth-order valence-corrected chi connectivity index (χ4v) is 4.37. The SMILES string of the molecule is CC1(C(=O)NC2CCSc3ccc(Cl)cc32)CCCCN1. The quantitative estimate of drug-likeness (QED) is 0.874. The Bertz CT molecular complexity index is 543. The molecular formula is C16H21ClN2OS. The number of rotatable bonds is 2. The predicted molar refractivity (Wildman–Crippen MR) is 87.9 cm³/mol. The van der Waals surface area contributed by atoms with Gasteiger partial charge in [-0.1, -0.05) is 11.6 Å². The highest BCUT2D eigenvalue weighted by molar-refractivity contribution is 7.99. The van der Waals surface area contributed by atoms with Crippen molar-refractivity contribution in [2.45, 2.75) is 49.1 Å². The molecule has 1 amide bonds. The van der Waals surface area contributed by atoms with Crippen LogP contribution in [0, 0.1) is 0 Å². The molecule has 3 nitrogen and oxygen atoms in total. The Morgan fingerprint density at radius 3 is 3.10 bits per heavy atom. The van der Waals surface area contributed by atoms with Crippen molar-refractivity contribution in [1.82, 2.24) is 10.6 Å². The van der Waals surface area contributed by atoms with E-state index in [4.69, 9.17) is 11.6 Å². The van der Waals surface area contributed by atoms with Crippen molar-refractivity contribution in [3.8, 4) is 0 Å². The van der Waals surface area contributed by atoms with E-state index in [-0.39, 0.29) is 11.9 Å². The highest BCUT2D eigenvalue weighted by Gasteiger charge is 2.36. The Labute approximate surface area is 135 Å². The summed E-state index contributed by atoms with van der Waals surface area (Å²) in [7, 11) is 0. The number of hydrogen-bond acceptors (Lipinski definition) is 3. The van der Waals surface area contributed by atoms with Crippen LogP contribution in [0.15, 0.2) is 23.1 Å². The molecule has 0 aliphatic carbocycles. The minimum Gasteiger partial charge on any atom is -0.348 e. The summed E-state index contributed by atoms with van der Waals surface area (Å²) in [5.41, 5.74) is 0.730. The van der Waals surface area contributed by atoms with Crippen molar-refractivity contribution in [1.29, 1.82) is 0 Å². The predicted octanol–water partition coefficient (Wildman–Crippen LogP) is 3.53. The third kappa shape index (κ3) is 3.22. The van der Waals surface area contributed by atoms with E-state index in [1.807, 2.05) is 30.8 Å². The van der Waals surface area contributed by atoms with Crippen molar-refractivity contribution < 1.29 is 4.79 Å². The van der Waals surface area contributed by atoms with Gasteiger partial charge in [0.15, 0.2) is 0 Å². The van der Waals surface area contributed by atoms with Crippen LogP contribution in [0.3, 0.4) is 0 Å². The maximum atomic E-state index is 12.7. The van der Waals surface area contributed by atoms with Crippen LogP contribution in [0.4, 0.5) is 0 Å². The van der Waals surface area contributed by atoms with Gasteiger partial charge in [-0.25, -0.2) is 0 Å². The van der Waals surface area contributed by atoms with Gasteiger partial charge < -0.3 is 10.6 Å². The zero-order valence-corrected chi connectivity index (χ0v) is 13.8. The molecule has 0 saturated carbocycles. The van der Waals surface area contributed by atoms with E-state index >= 15 is 0 Å². The van der Waals surface area contributed by atoms with Gasteiger partial charge in [0.1, 0.15) is 0 Å². The molecule has 2 heterocycles. The molecule has 1 saturated heterocycles. The van der Waals surface area contributed by atoms with E-state index in [0.29, 0.717) is 0 Å². The Balaban J connectivity index is 1.77. The maximum absolute atomic E-state index is 12.7. The van der Waals surface area contributed by atoms with Crippen molar-refractivity contribution >= 4 is 29.3 Å². The fraction of sp³-hybridized carbons (Fsp3) is 0.562. The van der Waals surface area contributed by atoms with Crippen LogP contribution in [0.25, 0.3) is 0 Å². The Morgan fingerprint density at radius 2 is 2.33 bits per heavy atom. The van der Waals surface area contributed by atoms with Crippen LogP contribution in [0.2, 0.25) is 5.02 Å². The zero-order valence-electron chi connectivity index (χ0n) is 12.2. The van der Waals surface area contributed by atoms with Gasteiger partial charge in [-0.15, -0.1) is 11.8 Å². The summed E-state index contributed by atoms with van der Waals surface area (Å²) in [5.74, 6) is 1.15. The number of thioether (sulfide) groups is 1. The van der Waals surface area contributed by atoms with Crippen molar-refractivity contribution in [3.63, 3.8) is 0 Å². The van der Waals surface area contributed by atoms with Crippen LogP contribution < -0.4 is 10.6 Å². The average Bonchev–Trinajstić information content (AvgIpc) is 2.48. The second-order valence-electron chi connectivity index (χ2n) is 6.06. The summed E-state index contributed by atoms with van der Waals surface area (Å²) >= 11 is 7.96. The summed E-state index contributed by atoms with van der Waals surface area (Å²) in [6, 6.07) is 6.04. The first-order valence-corrected chi connectivity index (χ1v) is 8.93. The van der Waals surface area contributed by atoms with Gasteiger partial charge in [-0.05, 0) is 62.9 Å². The standard InChI is InChI=1S/C16H21ClN2OS/c1-16(7-2-3-8-18-16)15(20)19-13-6-9-21-14-5-4-11(17)10-12(13)14/h4-5,10,13,18H,2-3,6-9H2,1H3,(H,19,20). The first-order chi connectivity index (χ1) is 10.1. The second kappa shape index (κ2) is 6.19. The lowest BCUT2D eigenvalue weighted by molar-refractivity contribution is -0.128. The molecule has 2 unspecified atom stereocenters. The van der Waals surface area contributed by atoms with Crippen LogP contribution in [-0.2, 0) is 4.79 Å². The van der Waals surface area contributed by atoms with Gasteiger partial charge in [-0.2, -0.15) is 0 Å². The number of carbonyl (C=O) groups excluding carboxylic acids is 1. The fourth-order valence-electron chi connectivity index (χ4n) is 3.08. The summed E-state index contributed by atoms with van der Waals surface area (Å²) in [5, 5.41) is 7.35. The van der Waals surface area contributed by atoms with Crippen molar-refractivity contribution in [3.05, 3.63) is 28.8 Å². The van der Waals surface area contributed by atoms with Gasteiger partial charge in [-0.3, -0.25) is 4.79 Å². The largest absolute Gasteiger partial charge is 0.348 e. The van der Waals surface area contributed by atoms with Gasteiger partial charge in [0, 0.05) is 15.7 Å². The monoisotopic (exact) mass is 324 g/mol. The highest BCUT2D eigenvalue weighted by Crippen LogP contribution is 2.37. The molecule has 1 fully saturated rings. The van der Waals surface area contributed by atoms with Crippen LogP contribution >= 0.6 is 23.4 Å². The third-order valence-corrected chi connectivity index (χ3v) is 5.79. The van der Waals surface area contributed by atoms with Crippen molar-refractivity contribution in [2.75, 3.05) is 12.3 Å². The first kappa shape index (κ1) is 15.2. The molecule has 2 aliphatic heterocycles. The van der Waals surface area contributed by atoms with Crippen LogP contribution in [0.5, 0.6) is 0 Å². The summed E-state index contributed by atoms with van der Waals surface area (Å²) in [6.07, 6.45) is 4.13. The average molecular weight is 325 g/mol. The molecule has 0 bridgehead atoms. The maximum Gasteiger partial charge on any atom is 0.240 e. The number of hydrogen-bond donors (Lipinski definition) is 2. The Kier molecular flexibility index (Phi) is 4.48. The second-order valence-corrected chi connectivity index (χ2v) is 7.63. The van der Waals surface area contributed by atoms with Crippen LogP contribution in [-0.4, -0.2) is 23.7 Å². The molecule has 0 spiro atoms. The lowest BCUT2D eigenvalue weighted by Crippen LogP contribution is -2.57. The molecule has 1 aromatic carbocycles. The van der Waals surface area contributed by atoms with E-state index < -0.39 is 5.54 Å². The van der Waals surface area contributed by atoms with Gasteiger partial charge >= 0.3 is 0 Å². The van der Waals surface area contributed by atoms with E-state index in [2.05, 4.69) is 16.7 Å². The summed E-state index contributed by atoms with van der Waals surface area (Å²) in [6.45, 7) is 2.94. The molecule has 2 aliphatic rings. The van der Waals surface area contributed by atoms with Crippen LogP contribution in [0.1, 0.15) is 44.2 Å². The van der Waals surface area contributed by atoms with Crippen molar-refractivity contribution in [2.24, 2.45) is 0 Å². The molecule has 21 heavy (non-hydrogen) atoms. The molecule has 0 aromatic heterocycles. The van der Waals surface area contributed by atoms with E-state index in [1.165, 1.54) is 4.90 Å². The lowest BCUT2D eigenvalue weighted by atomic mass is 9.89. The van der Waals surface area contributed by atoms with Gasteiger partial charge in [0.05, 0.1) is 11.6 Å². The number of nitrogens with one attached hydrogen (secondary N) is 2. The summed E-state index contributed by atoms with van der Waals surface area (Å²) < 4.78 is 0. The summed E-state index contributed by atoms with van der Waals surface area (Å²) in [4.78, 5) is 13.9.